The molecule has 1 amide bonds. The maximum absolute atomic E-state index is 13.1. The van der Waals surface area contributed by atoms with Crippen LogP contribution in [0, 0.1) is 13.8 Å². The number of nitrogens with zero attached hydrogens (tertiary/aromatic N) is 4. The molecule has 7 heteroatoms. The summed E-state index contributed by atoms with van der Waals surface area (Å²) >= 11 is 0. The predicted octanol–water partition coefficient (Wildman–Crippen LogP) is 3.08. The van der Waals surface area contributed by atoms with Gasteiger partial charge in [-0.1, -0.05) is 48.0 Å². The molecule has 0 aliphatic carbocycles. The third-order valence-corrected chi connectivity index (χ3v) is 5.12. The van der Waals surface area contributed by atoms with Crippen molar-refractivity contribution in [1.82, 2.24) is 24.9 Å². The fourth-order valence-electron chi connectivity index (χ4n) is 3.46. The van der Waals surface area contributed by atoms with Gasteiger partial charge in [-0.15, -0.1) is 0 Å². The monoisotopic (exact) mass is 401 g/mol. The summed E-state index contributed by atoms with van der Waals surface area (Å²) in [5, 5.41) is 12.3. The Labute approximate surface area is 174 Å². The Morgan fingerprint density at radius 2 is 1.77 bits per heavy atom. The molecule has 0 aliphatic heterocycles. The summed E-state index contributed by atoms with van der Waals surface area (Å²) in [6, 6.07) is 17.2. The van der Waals surface area contributed by atoms with Gasteiger partial charge in [0.15, 0.2) is 0 Å². The molecule has 0 spiro atoms. The summed E-state index contributed by atoms with van der Waals surface area (Å²) in [5.41, 5.74) is 3.64. The zero-order valence-corrected chi connectivity index (χ0v) is 17.2. The first-order valence-corrected chi connectivity index (χ1v) is 9.81. The van der Waals surface area contributed by atoms with E-state index in [-0.39, 0.29) is 24.1 Å². The summed E-state index contributed by atoms with van der Waals surface area (Å²) in [6.07, 6.45) is 1.63. The van der Waals surface area contributed by atoms with Gasteiger partial charge in [-0.2, -0.15) is 10.2 Å². The van der Waals surface area contributed by atoms with Crippen LogP contribution in [0.1, 0.15) is 29.8 Å². The number of carbonyl (C=O) groups is 1. The molecule has 0 bridgehead atoms. The first-order chi connectivity index (χ1) is 14.4. The lowest BCUT2D eigenvalue weighted by atomic mass is 10.1. The number of benzene rings is 2. The van der Waals surface area contributed by atoms with Gasteiger partial charge < -0.3 is 5.32 Å². The van der Waals surface area contributed by atoms with Gasteiger partial charge in [0.2, 0.25) is 5.91 Å². The van der Waals surface area contributed by atoms with E-state index in [4.69, 9.17) is 0 Å². The minimum atomic E-state index is -0.352. The van der Waals surface area contributed by atoms with Gasteiger partial charge in [-0.05, 0) is 38.5 Å². The highest BCUT2D eigenvalue weighted by Gasteiger charge is 2.17. The molecule has 4 aromatic rings. The van der Waals surface area contributed by atoms with Gasteiger partial charge in [0.25, 0.3) is 5.56 Å². The van der Waals surface area contributed by atoms with E-state index in [9.17, 15) is 9.59 Å². The average Bonchev–Trinajstić information content (AvgIpc) is 3.19. The number of nitrogens with one attached hydrogen (secondary N) is 1. The maximum Gasteiger partial charge on any atom is 0.293 e. The van der Waals surface area contributed by atoms with Crippen molar-refractivity contribution >= 4 is 16.8 Å². The third kappa shape index (κ3) is 3.74. The first-order valence-electron chi connectivity index (χ1n) is 9.81. The molecule has 2 aromatic heterocycles. The van der Waals surface area contributed by atoms with Crippen molar-refractivity contribution in [1.29, 1.82) is 0 Å². The summed E-state index contributed by atoms with van der Waals surface area (Å²) < 4.78 is 2.80. The van der Waals surface area contributed by atoms with E-state index < -0.39 is 0 Å². The number of aryl methyl sites for hydroxylation is 2. The molecule has 0 saturated carbocycles. The smallest absolute Gasteiger partial charge is 0.293 e. The lowest BCUT2D eigenvalue weighted by Crippen LogP contribution is -2.35. The Morgan fingerprint density at radius 1 is 1.07 bits per heavy atom. The van der Waals surface area contributed by atoms with Crippen LogP contribution in [0.3, 0.4) is 0 Å². The van der Waals surface area contributed by atoms with Crippen molar-refractivity contribution in [2.75, 3.05) is 0 Å². The van der Waals surface area contributed by atoms with Gasteiger partial charge in [-0.25, -0.2) is 9.36 Å². The van der Waals surface area contributed by atoms with Crippen LogP contribution in [0.4, 0.5) is 0 Å². The van der Waals surface area contributed by atoms with Crippen LogP contribution >= 0.6 is 0 Å². The van der Waals surface area contributed by atoms with E-state index in [2.05, 4.69) is 15.5 Å². The third-order valence-electron chi connectivity index (χ3n) is 5.12. The van der Waals surface area contributed by atoms with Crippen LogP contribution in [-0.4, -0.2) is 25.5 Å². The molecule has 152 valence electrons. The van der Waals surface area contributed by atoms with Crippen molar-refractivity contribution in [3.05, 3.63) is 88.0 Å². The highest BCUT2D eigenvalue weighted by atomic mass is 16.2. The highest BCUT2D eigenvalue weighted by molar-refractivity contribution is 5.82. The number of rotatable bonds is 5. The van der Waals surface area contributed by atoms with Crippen LogP contribution in [0.2, 0.25) is 0 Å². The van der Waals surface area contributed by atoms with Gasteiger partial charge >= 0.3 is 0 Å². The quantitative estimate of drug-likeness (QED) is 0.557. The second-order valence-corrected chi connectivity index (χ2v) is 7.40. The molecule has 0 aliphatic rings. The van der Waals surface area contributed by atoms with Crippen LogP contribution in [0.25, 0.3) is 16.6 Å². The zero-order chi connectivity index (χ0) is 21.3. The molecule has 0 radical (unpaired) electrons. The first kappa shape index (κ1) is 19.6. The SMILES string of the molecule is Cc1ccc(C(C)NC(=O)Cn2nc(C)c3cnn(-c4ccccc4)c3c2=O)cc1. The van der Waals surface area contributed by atoms with Crippen molar-refractivity contribution in [2.45, 2.75) is 33.4 Å². The Balaban J connectivity index is 1.63. The molecule has 0 fully saturated rings. The number of fused-ring (bicyclic) bond motifs is 1. The molecule has 1 atom stereocenters. The minimum absolute atomic E-state index is 0.161. The molecule has 2 aromatic carbocycles. The molecular formula is C23H23N5O2. The fourth-order valence-corrected chi connectivity index (χ4v) is 3.46. The van der Waals surface area contributed by atoms with E-state index in [1.807, 2.05) is 75.4 Å². The van der Waals surface area contributed by atoms with E-state index in [0.29, 0.717) is 16.6 Å². The van der Waals surface area contributed by atoms with Crippen molar-refractivity contribution in [2.24, 2.45) is 0 Å². The second kappa shape index (κ2) is 7.94. The molecule has 1 unspecified atom stereocenters. The zero-order valence-electron chi connectivity index (χ0n) is 17.2. The summed E-state index contributed by atoms with van der Waals surface area (Å²) in [4.78, 5) is 25.7. The molecule has 30 heavy (non-hydrogen) atoms. The summed E-state index contributed by atoms with van der Waals surface area (Å²) in [6.45, 7) is 5.58. The van der Waals surface area contributed by atoms with E-state index in [1.54, 1.807) is 10.9 Å². The normalized spacial score (nSPS) is 12.1. The number of para-hydroxylation sites is 1. The highest BCUT2D eigenvalue weighted by Crippen LogP contribution is 2.17. The maximum atomic E-state index is 13.1. The van der Waals surface area contributed by atoms with E-state index in [0.717, 1.165) is 16.8 Å². The van der Waals surface area contributed by atoms with Gasteiger partial charge in [0, 0.05) is 5.39 Å². The number of hydrogen-bond acceptors (Lipinski definition) is 4. The molecule has 2 heterocycles. The standard InChI is InChI=1S/C23H23N5O2/c1-15-9-11-18(12-10-15)16(2)25-21(29)14-27-23(30)22-20(17(3)26-27)13-24-28(22)19-7-5-4-6-8-19/h4-13,16H,14H2,1-3H3,(H,25,29). The number of hydrogen-bond donors (Lipinski definition) is 1. The second-order valence-electron chi connectivity index (χ2n) is 7.40. The molecule has 4 rings (SSSR count). The average molecular weight is 401 g/mol. The number of aromatic nitrogens is 4. The van der Waals surface area contributed by atoms with Gasteiger partial charge in [0.1, 0.15) is 12.1 Å². The Bertz CT molecular complexity index is 1260. The topological polar surface area (TPSA) is 81.8 Å². The van der Waals surface area contributed by atoms with Gasteiger partial charge in [-0.3, -0.25) is 9.59 Å². The largest absolute Gasteiger partial charge is 0.348 e. The summed E-state index contributed by atoms with van der Waals surface area (Å²) in [5.74, 6) is -0.276. The molecule has 7 nitrogen and oxygen atoms in total. The van der Waals surface area contributed by atoms with Crippen LogP contribution in [0.5, 0.6) is 0 Å². The van der Waals surface area contributed by atoms with Crippen molar-refractivity contribution in [3.63, 3.8) is 0 Å². The molecular weight excluding hydrogens is 378 g/mol. The van der Waals surface area contributed by atoms with Crippen LogP contribution in [0.15, 0.2) is 65.6 Å². The van der Waals surface area contributed by atoms with E-state index in [1.165, 1.54) is 4.68 Å². The van der Waals surface area contributed by atoms with Crippen molar-refractivity contribution < 1.29 is 4.79 Å². The predicted molar refractivity (Wildman–Crippen MR) is 116 cm³/mol. The summed E-state index contributed by atoms with van der Waals surface area (Å²) in [7, 11) is 0. The number of carbonyl (C=O) groups excluding carboxylic acids is 1. The number of amides is 1. The van der Waals surface area contributed by atoms with Crippen LogP contribution < -0.4 is 10.9 Å². The fraction of sp³-hybridized carbons (Fsp3) is 0.217. The lowest BCUT2D eigenvalue weighted by Gasteiger charge is -2.15. The van der Waals surface area contributed by atoms with Gasteiger partial charge in [0.05, 0.1) is 23.6 Å². The molecule has 0 saturated heterocycles. The van der Waals surface area contributed by atoms with Crippen LogP contribution in [-0.2, 0) is 11.3 Å². The lowest BCUT2D eigenvalue weighted by molar-refractivity contribution is -0.122. The molecule has 1 N–H and O–H groups in total. The Morgan fingerprint density at radius 3 is 2.47 bits per heavy atom. The minimum Gasteiger partial charge on any atom is -0.348 e. The van der Waals surface area contributed by atoms with E-state index >= 15 is 0 Å². The Hall–Kier alpha value is -3.74. The Kier molecular flexibility index (Phi) is 5.18. The van der Waals surface area contributed by atoms with Crippen molar-refractivity contribution in [3.8, 4) is 5.69 Å².